The van der Waals surface area contributed by atoms with Crippen molar-refractivity contribution in [2.24, 2.45) is 17.6 Å². The molecule has 4 nitrogen and oxygen atoms in total. The third-order valence-electron chi connectivity index (χ3n) is 2.76. The molecule has 2 N–H and O–H groups in total. The van der Waals surface area contributed by atoms with E-state index in [0.29, 0.717) is 13.0 Å². The summed E-state index contributed by atoms with van der Waals surface area (Å²) in [5, 5.41) is 0. The molecule has 0 bridgehead atoms. The maximum absolute atomic E-state index is 11.4. The van der Waals surface area contributed by atoms with Crippen LogP contribution in [0.25, 0.3) is 0 Å². The Balaban J connectivity index is 1.93. The maximum Gasteiger partial charge on any atom is 0.233 e. The van der Waals surface area contributed by atoms with Crippen LogP contribution in [0.3, 0.4) is 0 Å². The maximum atomic E-state index is 11.4. The smallest absolute Gasteiger partial charge is 0.233 e. The molecule has 2 rings (SSSR count). The van der Waals surface area contributed by atoms with E-state index in [2.05, 4.69) is 0 Å². The van der Waals surface area contributed by atoms with Gasteiger partial charge in [0.25, 0.3) is 0 Å². The van der Waals surface area contributed by atoms with Gasteiger partial charge in [-0.15, -0.1) is 0 Å². The number of hydrogen-bond acceptors (Lipinski definition) is 3. The van der Waals surface area contributed by atoms with Gasteiger partial charge in [0, 0.05) is 12.6 Å². The lowest BCUT2D eigenvalue weighted by Crippen LogP contribution is -2.36. The predicted molar refractivity (Wildman–Crippen MR) is 46.6 cm³/mol. The quantitative estimate of drug-likeness (QED) is 0.611. The normalized spacial score (nSPS) is 33.5. The molecule has 1 saturated heterocycles. The predicted octanol–water partition coefficient (Wildman–Crippen LogP) is -0.271. The van der Waals surface area contributed by atoms with Crippen molar-refractivity contribution in [1.82, 2.24) is 4.90 Å². The van der Waals surface area contributed by atoms with Gasteiger partial charge in [-0.05, 0) is 19.8 Å². The highest BCUT2D eigenvalue weighted by Crippen LogP contribution is 2.46. The van der Waals surface area contributed by atoms with Gasteiger partial charge in [0.1, 0.15) is 0 Å². The highest BCUT2D eigenvalue weighted by molar-refractivity contribution is 6.08. The number of carbonyl (C=O) groups is 2. The van der Waals surface area contributed by atoms with Gasteiger partial charge in [-0.3, -0.25) is 14.5 Å². The van der Waals surface area contributed by atoms with Gasteiger partial charge in [-0.1, -0.05) is 0 Å². The second kappa shape index (κ2) is 2.80. The van der Waals surface area contributed by atoms with Crippen LogP contribution in [0.1, 0.15) is 19.8 Å². The third-order valence-corrected chi connectivity index (χ3v) is 2.76. The van der Waals surface area contributed by atoms with Crippen LogP contribution in [-0.4, -0.2) is 29.3 Å². The first kappa shape index (κ1) is 8.69. The lowest BCUT2D eigenvalue weighted by Gasteiger charge is -2.17. The molecule has 2 amide bonds. The molecule has 3 unspecified atom stereocenters. The number of imide groups is 1. The summed E-state index contributed by atoms with van der Waals surface area (Å²) < 4.78 is 0. The SMILES string of the molecule is CC(N)CCN1C(=O)C2CC2C1=O. The van der Waals surface area contributed by atoms with Crippen molar-refractivity contribution in [3.63, 3.8) is 0 Å². The Morgan fingerprint density at radius 3 is 2.46 bits per heavy atom. The minimum absolute atomic E-state index is 0.0238. The zero-order chi connectivity index (χ0) is 9.59. The molecule has 4 heteroatoms. The highest BCUT2D eigenvalue weighted by atomic mass is 16.2. The zero-order valence-electron chi connectivity index (χ0n) is 7.69. The number of carbonyl (C=O) groups excluding carboxylic acids is 2. The van der Waals surface area contributed by atoms with Crippen LogP contribution in [0.15, 0.2) is 0 Å². The molecule has 1 aliphatic heterocycles. The first-order valence-electron chi connectivity index (χ1n) is 4.72. The van der Waals surface area contributed by atoms with Gasteiger partial charge in [-0.2, -0.15) is 0 Å². The van der Waals surface area contributed by atoms with E-state index in [1.54, 1.807) is 0 Å². The molecule has 2 aliphatic rings. The molecule has 72 valence electrons. The number of piperidine rings is 1. The van der Waals surface area contributed by atoms with E-state index in [0.717, 1.165) is 6.42 Å². The fourth-order valence-corrected chi connectivity index (χ4v) is 1.80. The summed E-state index contributed by atoms with van der Waals surface area (Å²) in [6.45, 7) is 2.38. The summed E-state index contributed by atoms with van der Waals surface area (Å²) in [5.74, 6) is 0.104. The zero-order valence-corrected chi connectivity index (χ0v) is 7.69. The molecule has 0 aromatic carbocycles. The molecule has 3 atom stereocenters. The van der Waals surface area contributed by atoms with E-state index >= 15 is 0 Å². The van der Waals surface area contributed by atoms with Crippen molar-refractivity contribution in [1.29, 1.82) is 0 Å². The summed E-state index contributed by atoms with van der Waals surface area (Å²) in [7, 11) is 0. The van der Waals surface area contributed by atoms with Crippen LogP contribution in [0.5, 0.6) is 0 Å². The van der Waals surface area contributed by atoms with Crippen LogP contribution in [0, 0.1) is 11.8 Å². The molecule has 13 heavy (non-hydrogen) atoms. The van der Waals surface area contributed by atoms with Crippen molar-refractivity contribution >= 4 is 11.8 Å². The average molecular weight is 182 g/mol. The number of hydrogen-bond donors (Lipinski definition) is 1. The van der Waals surface area contributed by atoms with Crippen LogP contribution >= 0.6 is 0 Å². The fraction of sp³-hybridized carbons (Fsp3) is 0.778. The average Bonchev–Trinajstić information content (AvgIpc) is 2.77. The Labute approximate surface area is 77.1 Å². The molecule has 1 heterocycles. The molecule has 0 aromatic heterocycles. The third kappa shape index (κ3) is 1.35. The fourth-order valence-electron chi connectivity index (χ4n) is 1.80. The molecule has 1 saturated carbocycles. The van der Waals surface area contributed by atoms with Crippen molar-refractivity contribution < 1.29 is 9.59 Å². The van der Waals surface area contributed by atoms with Crippen LogP contribution in [0.4, 0.5) is 0 Å². The molecule has 2 fully saturated rings. The van der Waals surface area contributed by atoms with Crippen LogP contribution < -0.4 is 5.73 Å². The van der Waals surface area contributed by atoms with Crippen LogP contribution in [0.2, 0.25) is 0 Å². The number of likely N-dealkylation sites (tertiary alicyclic amines) is 1. The molecule has 1 aliphatic carbocycles. The second-order valence-electron chi connectivity index (χ2n) is 4.04. The van der Waals surface area contributed by atoms with E-state index < -0.39 is 0 Å². The number of amides is 2. The minimum Gasteiger partial charge on any atom is -0.328 e. The Kier molecular flexibility index (Phi) is 1.87. The Morgan fingerprint density at radius 2 is 2.00 bits per heavy atom. The molecular formula is C9H14N2O2. The summed E-state index contributed by atoms with van der Waals surface area (Å²) >= 11 is 0. The van der Waals surface area contributed by atoms with E-state index in [9.17, 15) is 9.59 Å². The summed E-state index contributed by atoms with van der Waals surface area (Å²) in [4.78, 5) is 24.2. The van der Waals surface area contributed by atoms with Gasteiger partial charge in [0.2, 0.25) is 11.8 Å². The number of nitrogens with zero attached hydrogens (tertiary/aromatic N) is 1. The Morgan fingerprint density at radius 1 is 1.46 bits per heavy atom. The van der Waals surface area contributed by atoms with Crippen molar-refractivity contribution in [3.05, 3.63) is 0 Å². The standard InChI is InChI=1S/C9H14N2O2/c1-5(10)2-3-11-8(12)6-4-7(6)9(11)13/h5-7H,2-4,10H2,1H3. The molecule has 0 aromatic rings. The van der Waals surface area contributed by atoms with Crippen molar-refractivity contribution in [2.45, 2.75) is 25.8 Å². The number of fused-ring (bicyclic) bond motifs is 1. The van der Waals surface area contributed by atoms with E-state index in [-0.39, 0.29) is 29.7 Å². The van der Waals surface area contributed by atoms with E-state index in [1.807, 2.05) is 6.92 Å². The Bertz CT molecular complexity index is 242. The molecule has 0 radical (unpaired) electrons. The largest absolute Gasteiger partial charge is 0.328 e. The monoisotopic (exact) mass is 182 g/mol. The van der Waals surface area contributed by atoms with E-state index in [1.165, 1.54) is 4.90 Å². The van der Waals surface area contributed by atoms with Gasteiger partial charge in [0.15, 0.2) is 0 Å². The minimum atomic E-state index is 0.0238. The van der Waals surface area contributed by atoms with Gasteiger partial charge < -0.3 is 5.73 Å². The molecular weight excluding hydrogens is 168 g/mol. The van der Waals surface area contributed by atoms with Gasteiger partial charge >= 0.3 is 0 Å². The highest BCUT2D eigenvalue weighted by Gasteiger charge is 2.58. The van der Waals surface area contributed by atoms with Gasteiger partial charge in [-0.25, -0.2) is 0 Å². The Hall–Kier alpha value is -0.900. The van der Waals surface area contributed by atoms with Gasteiger partial charge in [0.05, 0.1) is 11.8 Å². The lowest BCUT2D eigenvalue weighted by molar-refractivity contribution is -0.141. The van der Waals surface area contributed by atoms with Crippen molar-refractivity contribution in [3.8, 4) is 0 Å². The van der Waals surface area contributed by atoms with Crippen molar-refractivity contribution in [2.75, 3.05) is 6.54 Å². The first-order chi connectivity index (χ1) is 6.11. The summed E-state index contributed by atoms with van der Waals surface area (Å²) in [5.41, 5.74) is 5.56. The number of nitrogens with two attached hydrogens (primary N) is 1. The summed E-state index contributed by atoms with van der Waals surface area (Å²) in [6, 6.07) is 0.0533. The summed E-state index contributed by atoms with van der Waals surface area (Å²) in [6.07, 6.45) is 1.49. The second-order valence-corrected chi connectivity index (χ2v) is 4.04. The van der Waals surface area contributed by atoms with Crippen LogP contribution in [-0.2, 0) is 9.59 Å². The lowest BCUT2D eigenvalue weighted by atomic mass is 10.2. The van der Waals surface area contributed by atoms with E-state index in [4.69, 9.17) is 5.73 Å². The number of rotatable bonds is 3. The molecule has 0 spiro atoms. The first-order valence-corrected chi connectivity index (χ1v) is 4.72. The topological polar surface area (TPSA) is 63.4 Å².